The Kier molecular flexibility index (Phi) is 2.73. The van der Waals surface area contributed by atoms with Crippen LogP contribution in [0.1, 0.15) is 5.56 Å². The van der Waals surface area contributed by atoms with Crippen molar-refractivity contribution >= 4 is 26.7 Å². The number of rotatable bonds is 2. The predicted octanol–water partition coefficient (Wildman–Crippen LogP) is 3.48. The van der Waals surface area contributed by atoms with Gasteiger partial charge in [-0.25, -0.2) is 0 Å². The summed E-state index contributed by atoms with van der Waals surface area (Å²) in [4.78, 5) is 0. The highest BCUT2D eigenvalue weighted by molar-refractivity contribution is 9.09. The molecule has 0 aliphatic carbocycles. The lowest BCUT2D eigenvalue weighted by molar-refractivity contribution is 0.481. The number of aromatic hydroxyl groups is 1. The third kappa shape index (κ3) is 1.62. The summed E-state index contributed by atoms with van der Waals surface area (Å²) in [5, 5.41) is 12.7. The minimum atomic E-state index is 0.360. The second-order valence-corrected chi connectivity index (χ2v) is 4.02. The molecule has 0 aliphatic heterocycles. The van der Waals surface area contributed by atoms with Gasteiger partial charge in [-0.15, -0.1) is 0 Å². The van der Waals surface area contributed by atoms with Crippen molar-refractivity contribution in [2.75, 3.05) is 5.33 Å². The molecule has 2 aromatic rings. The highest BCUT2D eigenvalue weighted by Crippen LogP contribution is 2.27. The molecule has 0 bridgehead atoms. The first-order valence-electron chi connectivity index (χ1n) is 4.58. The number of fused-ring (bicyclic) bond motifs is 1. The summed E-state index contributed by atoms with van der Waals surface area (Å²) in [7, 11) is 0. The molecule has 2 aromatic carbocycles. The van der Waals surface area contributed by atoms with Gasteiger partial charge < -0.3 is 5.11 Å². The van der Waals surface area contributed by atoms with Gasteiger partial charge in [0, 0.05) is 10.7 Å². The molecule has 0 saturated carbocycles. The number of hydrogen-bond acceptors (Lipinski definition) is 1. The first-order chi connectivity index (χ1) is 6.83. The van der Waals surface area contributed by atoms with Gasteiger partial charge in [0.1, 0.15) is 5.75 Å². The summed E-state index contributed by atoms with van der Waals surface area (Å²) in [6.07, 6.45) is 0.987. The van der Waals surface area contributed by atoms with Gasteiger partial charge in [-0.1, -0.05) is 46.3 Å². The van der Waals surface area contributed by atoms with Crippen LogP contribution in [-0.2, 0) is 6.42 Å². The second-order valence-electron chi connectivity index (χ2n) is 3.23. The summed E-state index contributed by atoms with van der Waals surface area (Å²) >= 11 is 3.43. The summed E-state index contributed by atoms with van der Waals surface area (Å²) < 4.78 is 0. The fourth-order valence-electron chi connectivity index (χ4n) is 1.67. The van der Waals surface area contributed by atoms with Crippen LogP contribution in [-0.4, -0.2) is 10.4 Å². The average Bonchev–Trinajstić information content (AvgIpc) is 2.23. The number of aryl methyl sites for hydroxylation is 1. The molecule has 2 heteroatoms. The van der Waals surface area contributed by atoms with E-state index in [1.54, 1.807) is 6.07 Å². The molecule has 1 N–H and O–H groups in total. The Morgan fingerprint density at radius 2 is 1.71 bits per heavy atom. The van der Waals surface area contributed by atoms with Crippen LogP contribution in [0.3, 0.4) is 0 Å². The SMILES string of the molecule is Oc1ccc(CCBr)c2ccccc12. The highest BCUT2D eigenvalue weighted by Gasteiger charge is 2.03. The number of halogens is 1. The Bertz CT molecular complexity index is 451. The molecule has 0 spiro atoms. The van der Waals surface area contributed by atoms with Gasteiger partial charge in [0.25, 0.3) is 0 Å². The van der Waals surface area contributed by atoms with E-state index in [9.17, 15) is 5.11 Å². The van der Waals surface area contributed by atoms with Crippen molar-refractivity contribution < 1.29 is 5.11 Å². The van der Waals surface area contributed by atoms with E-state index in [1.165, 1.54) is 5.56 Å². The van der Waals surface area contributed by atoms with Crippen molar-refractivity contribution in [2.24, 2.45) is 0 Å². The molecule has 2 rings (SSSR count). The van der Waals surface area contributed by atoms with E-state index in [4.69, 9.17) is 0 Å². The monoisotopic (exact) mass is 250 g/mol. The van der Waals surface area contributed by atoms with Gasteiger partial charge in [-0.2, -0.15) is 0 Å². The molecule has 0 heterocycles. The Morgan fingerprint density at radius 1 is 1.00 bits per heavy atom. The van der Waals surface area contributed by atoms with E-state index < -0.39 is 0 Å². The van der Waals surface area contributed by atoms with Crippen molar-refractivity contribution in [1.29, 1.82) is 0 Å². The lowest BCUT2D eigenvalue weighted by Gasteiger charge is -2.06. The van der Waals surface area contributed by atoms with Crippen molar-refractivity contribution in [1.82, 2.24) is 0 Å². The van der Waals surface area contributed by atoms with Crippen LogP contribution in [0.2, 0.25) is 0 Å². The second kappa shape index (κ2) is 4.01. The largest absolute Gasteiger partial charge is 0.507 e. The minimum absolute atomic E-state index is 0.360. The van der Waals surface area contributed by atoms with E-state index in [1.807, 2.05) is 30.3 Å². The topological polar surface area (TPSA) is 20.2 Å². The molecule has 0 radical (unpaired) electrons. The molecule has 14 heavy (non-hydrogen) atoms. The van der Waals surface area contributed by atoms with E-state index >= 15 is 0 Å². The summed E-state index contributed by atoms with van der Waals surface area (Å²) in [5.41, 5.74) is 1.27. The van der Waals surface area contributed by atoms with Crippen LogP contribution in [0.25, 0.3) is 10.8 Å². The lowest BCUT2D eigenvalue weighted by atomic mass is 10.0. The van der Waals surface area contributed by atoms with Crippen molar-refractivity contribution in [3.05, 3.63) is 42.0 Å². The Balaban J connectivity index is 2.68. The van der Waals surface area contributed by atoms with Crippen LogP contribution in [0.15, 0.2) is 36.4 Å². The van der Waals surface area contributed by atoms with E-state index in [0.29, 0.717) is 5.75 Å². The molecule has 0 atom stereocenters. The third-order valence-corrected chi connectivity index (χ3v) is 2.75. The van der Waals surface area contributed by atoms with E-state index in [2.05, 4.69) is 15.9 Å². The number of phenolic OH excluding ortho intramolecular Hbond substituents is 1. The molecule has 0 unspecified atom stereocenters. The zero-order valence-corrected chi connectivity index (χ0v) is 9.29. The van der Waals surface area contributed by atoms with Crippen molar-refractivity contribution in [3.8, 4) is 5.75 Å². The first kappa shape index (κ1) is 9.53. The van der Waals surface area contributed by atoms with Gasteiger partial charge in [-0.05, 0) is 23.4 Å². The standard InChI is InChI=1S/C12H11BrO/c13-8-7-9-5-6-12(14)11-4-2-1-3-10(9)11/h1-6,14H,7-8H2. The Morgan fingerprint density at radius 3 is 2.43 bits per heavy atom. The lowest BCUT2D eigenvalue weighted by Crippen LogP contribution is -1.87. The smallest absolute Gasteiger partial charge is 0.123 e. The molecule has 0 aliphatic rings. The molecular weight excluding hydrogens is 240 g/mol. The van der Waals surface area contributed by atoms with Crippen LogP contribution in [0.4, 0.5) is 0 Å². The fourth-order valence-corrected chi connectivity index (χ4v) is 2.09. The fraction of sp³-hybridized carbons (Fsp3) is 0.167. The van der Waals surface area contributed by atoms with Crippen LogP contribution >= 0.6 is 15.9 Å². The highest BCUT2D eigenvalue weighted by atomic mass is 79.9. The zero-order valence-electron chi connectivity index (χ0n) is 7.70. The number of hydrogen-bond donors (Lipinski definition) is 1. The molecular formula is C12H11BrO. The Hall–Kier alpha value is -1.02. The molecule has 0 aromatic heterocycles. The maximum Gasteiger partial charge on any atom is 0.123 e. The van der Waals surface area contributed by atoms with Crippen molar-refractivity contribution in [2.45, 2.75) is 6.42 Å². The quantitative estimate of drug-likeness (QED) is 0.810. The molecule has 0 fully saturated rings. The van der Waals surface area contributed by atoms with E-state index in [-0.39, 0.29) is 0 Å². The zero-order chi connectivity index (χ0) is 9.97. The third-order valence-electron chi connectivity index (χ3n) is 2.36. The van der Waals surface area contributed by atoms with Gasteiger partial charge >= 0.3 is 0 Å². The number of phenols is 1. The summed E-state index contributed by atoms with van der Waals surface area (Å²) in [6, 6.07) is 11.7. The average molecular weight is 251 g/mol. The summed E-state index contributed by atoms with van der Waals surface area (Å²) in [6.45, 7) is 0. The van der Waals surface area contributed by atoms with E-state index in [0.717, 1.165) is 22.5 Å². The first-order valence-corrected chi connectivity index (χ1v) is 5.70. The number of benzene rings is 2. The summed E-state index contributed by atoms with van der Waals surface area (Å²) in [5.74, 6) is 0.360. The molecule has 0 amide bonds. The van der Waals surface area contributed by atoms with Crippen LogP contribution in [0.5, 0.6) is 5.75 Å². The van der Waals surface area contributed by atoms with Crippen LogP contribution in [0, 0.1) is 0 Å². The normalized spacial score (nSPS) is 10.6. The Labute approximate surface area is 91.5 Å². The predicted molar refractivity (Wildman–Crippen MR) is 63.1 cm³/mol. The maximum absolute atomic E-state index is 9.65. The van der Waals surface area contributed by atoms with Gasteiger partial charge in [-0.3, -0.25) is 0 Å². The number of alkyl halides is 1. The maximum atomic E-state index is 9.65. The van der Waals surface area contributed by atoms with Gasteiger partial charge in [0.2, 0.25) is 0 Å². The molecule has 1 nitrogen and oxygen atoms in total. The minimum Gasteiger partial charge on any atom is -0.507 e. The van der Waals surface area contributed by atoms with Crippen molar-refractivity contribution in [3.63, 3.8) is 0 Å². The molecule has 0 saturated heterocycles. The van der Waals surface area contributed by atoms with Crippen LogP contribution < -0.4 is 0 Å². The molecule has 72 valence electrons. The van der Waals surface area contributed by atoms with Gasteiger partial charge in [0.05, 0.1) is 0 Å². The van der Waals surface area contributed by atoms with Gasteiger partial charge in [0.15, 0.2) is 0 Å².